The summed E-state index contributed by atoms with van der Waals surface area (Å²) < 4.78 is 0. The molecule has 1 aliphatic heterocycles. The maximum Gasteiger partial charge on any atom is 0.262 e. The minimum Gasteiger partial charge on any atom is -0.394 e. The van der Waals surface area contributed by atoms with E-state index < -0.39 is 54.6 Å². The summed E-state index contributed by atoms with van der Waals surface area (Å²) in [5.74, 6) is 3.67. The summed E-state index contributed by atoms with van der Waals surface area (Å²) >= 11 is 0. The first-order valence-electron chi connectivity index (χ1n) is 10.8. The fraction of sp³-hybridized carbons (Fsp3) is 0.789. The largest absolute Gasteiger partial charge is 0.394 e. The van der Waals surface area contributed by atoms with Gasteiger partial charge in [-0.3, -0.25) is 24.2 Å². The molecule has 0 radical (unpaired) electrons. The molecule has 0 saturated carbocycles. The van der Waals surface area contributed by atoms with Gasteiger partial charge in [0.15, 0.2) is 0 Å². The summed E-state index contributed by atoms with van der Waals surface area (Å²) in [5.41, 5.74) is 5.43. The van der Waals surface area contributed by atoms with Crippen LogP contribution >= 0.6 is 0 Å². The molecule has 1 unspecified atom stereocenters. The predicted molar refractivity (Wildman–Crippen MR) is 115 cm³/mol. The van der Waals surface area contributed by atoms with E-state index in [0.717, 1.165) is 5.01 Å². The Bertz CT molecular complexity index is 648. The number of nitrogens with zero attached hydrogens (tertiary/aromatic N) is 1. The van der Waals surface area contributed by atoms with Crippen molar-refractivity contribution in [1.29, 1.82) is 0 Å². The van der Waals surface area contributed by atoms with Gasteiger partial charge in [0.2, 0.25) is 17.7 Å². The maximum atomic E-state index is 12.9. The van der Waals surface area contributed by atoms with Gasteiger partial charge in [-0.25, -0.2) is 5.84 Å². The second-order valence-corrected chi connectivity index (χ2v) is 7.90. The van der Waals surface area contributed by atoms with Gasteiger partial charge >= 0.3 is 0 Å². The Balaban J connectivity index is 3.08. The van der Waals surface area contributed by atoms with E-state index in [4.69, 9.17) is 11.6 Å². The van der Waals surface area contributed by atoms with Gasteiger partial charge in [0.1, 0.15) is 6.04 Å². The van der Waals surface area contributed by atoms with Gasteiger partial charge in [0, 0.05) is 19.5 Å². The first kappa shape index (κ1) is 27.7. The molecule has 1 heterocycles. The molecular formula is C19H37N7O6. The van der Waals surface area contributed by atoms with Crippen molar-refractivity contribution >= 4 is 23.6 Å². The molecule has 13 heteroatoms. The van der Waals surface area contributed by atoms with Crippen LogP contribution in [-0.4, -0.2) is 95.9 Å². The smallest absolute Gasteiger partial charge is 0.262 e. The Morgan fingerprint density at radius 1 is 1.28 bits per heavy atom. The zero-order chi connectivity index (χ0) is 24.3. The van der Waals surface area contributed by atoms with Crippen LogP contribution in [0.5, 0.6) is 0 Å². The van der Waals surface area contributed by atoms with Crippen LogP contribution in [0.2, 0.25) is 0 Å². The van der Waals surface area contributed by atoms with Crippen LogP contribution < -0.4 is 32.8 Å². The van der Waals surface area contributed by atoms with Gasteiger partial charge in [-0.15, -0.1) is 0 Å². The van der Waals surface area contributed by atoms with E-state index in [1.165, 1.54) is 6.92 Å². The maximum absolute atomic E-state index is 12.9. The average Bonchev–Trinajstić information content (AvgIpc) is 2.74. The van der Waals surface area contributed by atoms with Crippen LogP contribution in [0.4, 0.5) is 0 Å². The van der Waals surface area contributed by atoms with Gasteiger partial charge in [0.05, 0.1) is 30.8 Å². The molecule has 5 atom stereocenters. The third-order valence-electron chi connectivity index (χ3n) is 5.41. The molecule has 1 saturated heterocycles. The highest BCUT2D eigenvalue weighted by Gasteiger charge is 2.34. The fourth-order valence-electron chi connectivity index (χ4n) is 3.33. The van der Waals surface area contributed by atoms with E-state index >= 15 is 0 Å². The highest BCUT2D eigenvalue weighted by Crippen LogP contribution is 2.07. The summed E-state index contributed by atoms with van der Waals surface area (Å²) in [7, 11) is 1.55. The molecule has 0 aromatic heterocycles. The first-order chi connectivity index (χ1) is 15.1. The molecule has 32 heavy (non-hydrogen) atoms. The van der Waals surface area contributed by atoms with E-state index in [1.807, 2.05) is 0 Å². The van der Waals surface area contributed by atoms with Crippen LogP contribution in [0.1, 0.15) is 39.0 Å². The summed E-state index contributed by atoms with van der Waals surface area (Å²) in [6.45, 7) is 1.17. The number of aliphatic hydroxyl groups excluding tert-OH is 2. The zero-order valence-corrected chi connectivity index (χ0v) is 18.7. The van der Waals surface area contributed by atoms with Crippen LogP contribution in [0.25, 0.3) is 0 Å². The molecule has 0 bridgehead atoms. The van der Waals surface area contributed by atoms with E-state index in [0.29, 0.717) is 25.8 Å². The molecular weight excluding hydrogens is 422 g/mol. The van der Waals surface area contributed by atoms with Crippen molar-refractivity contribution in [3.05, 3.63) is 0 Å². The minimum absolute atomic E-state index is 0.0390. The molecule has 1 fully saturated rings. The number of carbonyl (C=O) groups excluding carboxylic acids is 4. The Morgan fingerprint density at radius 3 is 2.53 bits per heavy atom. The third kappa shape index (κ3) is 8.67. The zero-order valence-electron chi connectivity index (χ0n) is 18.7. The molecule has 0 spiro atoms. The van der Waals surface area contributed by atoms with Gasteiger partial charge < -0.3 is 37.2 Å². The van der Waals surface area contributed by atoms with Crippen LogP contribution in [0.3, 0.4) is 0 Å². The second kappa shape index (κ2) is 14.0. The highest BCUT2D eigenvalue weighted by atomic mass is 16.3. The SMILES string of the molecule is CN[C@H]1CCC(=O)NCCCC[C@@H](C(N)=O)NC[C@H](CO)N(N)C(=O)[C@H](C(C)O)NC1=O. The number of aliphatic hydroxyl groups is 2. The van der Waals surface area contributed by atoms with Crippen LogP contribution in [-0.2, 0) is 19.2 Å². The number of carbonyl (C=O) groups is 4. The predicted octanol–water partition coefficient (Wildman–Crippen LogP) is -3.97. The standard InChI is InChI=1S/C19H37N7O6/c1-11(28)16-19(32)26(21)12(10-27)9-24-13(17(20)30)5-3-4-8-23-15(29)7-6-14(22-2)18(31)25-16/h11-14,16,22,24,27-28H,3-10,21H2,1-2H3,(H2,20,30)(H,23,29)(H,25,31)/t11?,12-,13+,14+,16+/m1/s1. The Morgan fingerprint density at radius 2 is 1.97 bits per heavy atom. The number of primary amides is 1. The summed E-state index contributed by atoms with van der Waals surface area (Å²) in [6.07, 6.45) is 0.585. The van der Waals surface area contributed by atoms with Gasteiger partial charge in [-0.2, -0.15) is 0 Å². The van der Waals surface area contributed by atoms with Crippen molar-refractivity contribution < 1.29 is 29.4 Å². The van der Waals surface area contributed by atoms with Crippen molar-refractivity contribution in [1.82, 2.24) is 26.3 Å². The molecule has 0 aromatic carbocycles. The number of hydrogen-bond acceptors (Lipinski definition) is 9. The fourth-order valence-corrected chi connectivity index (χ4v) is 3.33. The normalized spacial score (nSPS) is 28.8. The molecule has 4 amide bonds. The number of nitrogens with one attached hydrogen (secondary N) is 4. The molecule has 0 aromatic rings. The third-order valence-corrected chi connectivity index (χ3v) is 5.41. The molecule has 1 aliphatic rings. The lowest BCUT2D eigenvalue weighted by Crippen LogP contribution is -2.62. The van der Waals surface area contributed by atoms with Gasteiger partial charge in [-0.1, -0.05) is 0 Å². The van der Waals surface area contributed by atoms with Crippen LogP contribution in [0, 0.1) is 0 Å². The van der Waals surface area contributed by atoms with Crippen LogP contribution in [0.15, 0.2) is 0 Å². The topological polar surface area (TPSA) is 212 Å². The number of likely N-dealkylation sites (N-methyl/N-ethyl adjacent to an activating group) is 1. The van der Waals surface area contributed by atoms with Crippen molar-refractivity contribution in [2.45, 2.75) is 69.3 Å². The van der Waals surface area contributed by atoms with E-state index in [9.17, 15) is 29.4 Å². The van der Waals surface area contributed by atoms with E-state index in [-0.39, 0.29) is 25.3 Å². The number of rotatable bonds is 4. The number of hydrazine groups is 1. The summed E-state index contributed by atoms with van der Waals surface area (Å²) in [6, 6.07) is -3.80. The number of hydrogen-bond donors (Lipinski definition) is 8. The molecule has 184 valence electrons. The quantitative estimate of drug-likeness (QED) is 0.152. The monoisotopic (exact) mass is 459 g/mol. The Hall–Kier alpha value is -2.32. The lowest BCUT2D eigenvalue weighted by molar-refractivity contribution is -0.143. The second-order valence-electron chi connectivity index (χ2n) is 7.90. The average molecular weight is 460 g/mol. The lowest BCUT2D eigenvalue weighted by Gasteiger charge is -2.32. The number of nitrogens with two attached hydrogens (primary N) is 2. The number of amides is 4. The molecule has 10 N–H and O–H groups in total. The van der Waals surface area contributed by atoms with Crippen molar-refractivity contribution in [2.24, 2.45) is 11.6 Å². The van der Waals surface area contributed by atoms with Gasteiger partial charge in [0.25, 0.3) is 5.91 Å². The molecule has 0 aliphatic carbocycles. The van der Waals surface area contributed by atoms with Crippen molar-refractivity contribution in [3.63, 3.8) is 0 Å². The van der Waals surface area contributed by atoms with Crippen molar-refractivity contribution in [2.75, 3.05) is 26.7 Å². The lowest BCUT2D eigenvalue weighted by atomic mass is 10.1. The highest BCUT2D eigenvalue weighted by molar-refractivity contribution is 5.90. The summed E-state index contributed by atoms with van der Waals surface area (Å²) in [5, 5.41) is 31.4. The van der Waals surface area contributed by atoms with Gasteiger partial charge in [-0.05, 0) is 39.7 Å². The minimum atomic E-state index is -1.38. The van der Waals surface area contributed by atoms with E-state index in [2.05, 4.69) is 21.3 Å². The first-order valence-corrected chi connectivity index (χ1v) is 10.8. The summed E-state index contributed by atoms with van der Waals surface area (Å²) in [4.78, 5) is 49.3. The molecule has 13 nitrogen and oxygen atoms in total. The molecule has 1 rings (SSSR count). The Kier molecular flexibility index (Phi) is 12.1. The van der Waals surface area contributed by atoms with Crippen molar-refractivity contribution in [3.8, 4) is 0 Å². The Labute approximate surface area is 187 Å². The van der Waals surface area contributed by atoms with E-state index in [1.54, 1.807) is 7.05 Å².